The second-order valence-corrected chi connectivity index (χ2v) is 3.17. The van der Waals surface area contributed by atoms with E-state index < -0.39 is 5.97 Å². The minimum Gasteiger partial charge on any atom is -0.477 e. The number of carbonyl (C=O) groups is 1. The molecule has 0 bridgehead atoms. The molecule has 1 N–H and O–H groups in total. The van der Waals surface area contributed by atoms with Crippen LogP contribution < -0.4 is 4.90 Å². The Kier molecular flexibility index (Phi) is 1.92. The van der Waals surface area contributed by atoms with Gasteiger partial charge in [-0.2, -0.15) is 0 Å². The van der Waals surface area contributed by atoms with Crippen LogP contribution in [0.3, 0.4) is 0 Å². The van der Waals surface area contributed by atoms with Crippen LogP contribution in [0.2, 0.25) is 0 Å². The Hall–Kier alpha value is -1.91. The molecular formula is C9H9N3O2. The number of carboxylic acid groups (broad SMARTS) is 1. The molecule has 1 aliphatic heterocycles. The second-order valence-electron chi connectivity index (χ2n) is 3.17. The van der Waals surface area contributed by atoms with Crippen molar-refractivity contribution < 1.29 is 9.90 Å². The third kappa shape index (κ3) is 1.32. The molecule has 2 heterocycles. The van der Waals surface area contributed by atoms with Gasteiger partial charge in [-0.3, -0.25) is 0 Å². The summed E-state index contributed by atoms with van der Waals surface area (Å²) in [6.07, 6.45) is 2.66. The summed E-state index contributed by atoms with van der Waals surface area (Å²) in [5.74, 6) is -0.530. The molecule has 14 heavy (non-hydrogen) atoms. The molecule has 5 heteroatoms. The number of aromatic carboxylic acids is 1. The minimum atomic E-state index is -1.00. The standard InChI is InChI=1S/C9H9N3O2/c1-6-3-12(4-6)8-7(9(13)14)2-10-5-11-8/h2,5H,1,3-4H2,(H,13,14). The van der Waals surface area contributed by atoms with E-state index in [0.717, 1.165) is 5.57 Å². The first kappa shape index (κ1) is 8.68. The normalized spacial score (nSPS) is 15.1. The van der Waals surface area contributed by atoms with E-state index in [1.54, 1.807) is 0 Å². The van der Waals surface area contributed by atoms with Crippen LogP contribution in [0.5, 0.6) is 0 Å². The molecule has 0 aromatic carbocycles. The van der Waals surface area contributed by atoms with E-state index in [0.29, 0.717) is 18.9 Å². The number of rotatable bonds is 2. The Morgan fingerprint density at radius 3 is 2.86 bits per heavy atom. The van der Waals surface area contributed by atoms with Crippen molar-refractivity contribution in [2.45, 2.75) is 0 Å². The summed E-state index contributed by atoms with van der Waals surface area (Å²) in [6, 6.07) is 0. The van der Waals surface area contributed by atoms with Crippen molar-refractivity contribution >= 4 is 11.8 Å². The van der Waals surface area contributed by atoms with Gasteiger partial charge in [-0.25, -0.2) is 14.8 Å². The molecule has 0 radical (unpaired) electrons. The third-order valence-electron chi connectivity index (χ3n) is 2.05. The van der Waals surface area contributed by atoms with Crippen molar-refractivity contribution in [2.24, 2.45) is 0 Å². The quantitative estimate of drug-likeness (QED) is 0.691. The van der Waals surface area contributed by atoms with E-state index in [9.17, 15) is 4.79 Å². The maximum Gasteiger partial charge on any atom is 0.341 e. The fourth-order valence-electron chi connectivity index (χ4n) is 1.37. The lowest BCUT2D eigenvalue weighted by Gasteiger charge is -2.34. The summed E-state index contributed by atoms with van der Waals surface area (Å²) in [7, 11) is 0. The van der Waals surface area contributed by atoms with E-state index in [1.807, 2.05) is 4.90 Å². The summed E-state index contributed by atoms with van der Waals surface area (Å²) in [5.41, 5.74) is 1.22. The molecule has 1 aromatic rings. The van der Waals surface area contributed by atoms with E-state index in [4.69, 9.17) is 5.11 Å². The molecule has 1 fully saturated rings. The maximum absolute atomic E-state index is 10.8. The molecule has 5 nitrogen and oxygen atoms in total. The SMILES string of the molecule is C=C1CN(c2ncncc2C(=O)O)C1. The monoisotopic (exact) mass is 191 g/mol. The highest BCUT2D eigenvalue weighted by molar-refractivity contribution is 5.93. The van der Waals surface area contributed by atoms with Crippen LogP contribution in [0, 0.1) is 0 Å². The number of nitrogens with zero attached hydrogens (tertiary/aromatic N) is 3. The van der Waals surface area contributed by atoms with Crippen LogP contribution in [-0.4, -0.2) is 34.1 Å². The van der Waals surface area contributed by atoms with Gasteiger partial charge in [-0.1, -0.05) is 6.58 Å². The van der Waals surface area contributed by atoms with Gasteiger partial charge in [0.1, 0.15) is 17.7 Å². The first-order valence-electron chi connectivity index (χ1n) is 4.13. The van der Waals surface area contributed by atoms with E-state index in [2.05, 4.69) is 16.5 Å². The largest absolute Gasteiger partial charge is 0.477 e. The zero-order chi connectivity index (χ0) is 10.1. The number of carboxylic acids is 1. The van der Waals surface area contributed by atoms with Gasteiger partial charge in [0.15, 0.2) is 0 Å². The van der Waals surface area contributed by atoms with Crippen molar-refractivity contribution in [3.05, 3.63) is 30.2 Å². The lowest BCUT2D eigenvalue weighted by Crippen LogP contribution is -2.41. The predicted molar refractivity (Wildman–Crippen MR) is 50.3 cm³/mol. The molecule has 0 amide bonds. The van der Waals surface area contributed by atoms with E-state index >= 15 is 0 Å². The highest BCUT2D eigenvalue weighted by Gasteiger charge is 2.24. The van der Waals surface area contributed by atoms with Crippen molar-refractivity contribution in [3.63, 3.8) is 0 Å². The number of anilines is 1. The van der Waals surface area contributed by atoms with Gasteiger partial charge in [-0.05, 0) is 5.57 Å². The Balaban J connectivity index is 2.32. The molecular weight excluding hydrogens is 182 g/mol. The summed E-state index contributed by atoms with van der Waals surface area (Å²) < 4.78 is 0. The van der Waals surface area contributed by atoms with Gasteiger partial charge in [-0.15, -0.1) is 0 Å². The van der Waals surface area contributed by atoms with Crippen molar-refractivity contribution in [2.75, 3.05) is 18.0 Å². The molecule has 0 spiro atoms. The van der Waals surface area contributed by atoms with Gasteiger partial charge >= 0.3 is 5.97 Å². The summed E-state index contributed by atoms with van der Waals surface area (Å²) >= 11 is 0. The van der Waals surface area contributed by atoms with Crippen LogP contribution in [0.15, 0.2) is 24.7 Å². The Morgan fingerprint density at radius 2 is 2.29 bits per heavy atom. The maximum atomic E-state index is 10.8. The van der Waals surface area contributed by atoms with Gasteiger partial charge < -0.3 is 10.0 Å². The summed E-state index contributed by atoms with van der Waals surface area (Å²) in [4.78, 5) is 20.3. The third-order valence-corrected chi connectivity index (χ3v) is 2.05. The minimum absolute atomic E-state index is 0.139. The predicted octanol–water partition coefficient (Wildman–Crippen LogP) is 0.551. The topological polar surface area (TPSA) is 66.3 Å². The number of hydrogen-bond donors (Lipinski definition) is 1. The average molecular weight is 191 g/mol. The zero-order valence-electron chi connectivity index (χ0n) is 7.47. The molecule has 2 rings (SSSR count). The zero-order valence-corrected chi connectivity index (χ0v) is 7.47. The first-order chi connectivity index (χ1) is 6.68. The molecule has 0 saturated carbocycles. The second kappa shape index (κ2) is 3.10. The summed E-state index contributed by atoms with van der Waals surface area (Å²) in [6.45, 7) is 5.13. The molecule has 1 aromatic heterocycles. The number of hydrogen-bond acceptors (Lipinski definition) is 4. The van der Waals surface area contributed by atoms with Gasteiger partial charge in [0.25, 0.3) is 0 Å². The smallest absolute Gasteiger partial charge is 0.341 e. The molecule has 72 valence electrons. The molecule has 0 aliphatic carbocycles. The molecule has 0 unspecified atom stereocenters. The van der Waals surface area contributed by atoms with Crippen LogP contribution in [0.4, 0.5) is 5.82 Å². The van der Waals surface area contributed by atoms with Gasteiger partial charge in [0, 0.05) is 19.3 Å². The Labute approximate surface area is 80.7 Å². The molecule has 1 saturated heterocycles. The van der Waals surface area contributed by atoms with Crippen molar-refractivity contribution in [1.82, 2.24) is 9.97 Å². The van der Waals surface area contributed by atoms with Gasteiger partial charge in [0.2, 0.25) is 0 Å². The van der Waals surface area contributed by atoms with Crippen LogP contribution >= 0.6 is 0 Å². The van der Waals surface area contributed by atoms with E-state index in [1.165, 1.54) is 12.5 Å². The highest BCUT2D eigenvalue weighted by atomic mass is 16.4. The fraction of sp³-hybridized carbons (Fsp3) is 0.222. The Bertz CT molecular complexity index is 395. The lowest BCUT2D eigenvalue weighted by molar-refractivity contribution is 0.0696. The van der Waals surface area contributed by atoms with Crippen LogP contribution in [0.1, 0.15) is 10.4 Å². The van der Waals surface area contributed by atoms with Crippen molar-refractivity contribution in [3.8, 4) is 0 Å². The average Bonchev–Trinajstić information content (AvgIpc) is 2.13. The lowest BCUT2D eigenvalue weighted by atomic mass is 10.1. The molecule has 0 atom stereocenters. The van der Waals surface area contributed by atoms with Crippen molar-refractivity contribution in [1.29, 1.82) is 0 Å². The Morgan fingerprint density at radius 1 is 1.57 bits per heavy atom. The fourth-order valence-corrected chi connectivity index (χ4v) is 1.37. The first-order valence-corrected chi connectivity index (χ1v) is 4.13. The summed E-state index contributed by atoms with van der Waals surface area (Å²) in [5, 5.41) is 8.87. The van der Waals surface area contributed by atoms with Gasteiger partial charge in [0.05, 0.1) is 0 Å². The van der Waals surface area contributed by atoms with Crippen LogP contribution in [-0.2, 0) is 0 Å². The number of aromatic nitrogens is 2. The molecule has 1 aliphatic rings. The highest BCUT2D eigenvalue weighted by Crippen LogP contribution is 2.23. The van der Waals surface area contributed by atoms with Crippen LogP contribution in [0.25, 0.3) is 0 Å². The van der Waals surface area contributed by atoms with E-state index in [-0.39, 0.29) is 5.56 Å².